The summed E-state index contributed by atoms with van der Waals surface area (Å²) in [6.07, 6.45) is -5.35. The number of halogens is 3. The van der Waals surface area contributed by atoms with Gasteiger partial charge < -0.3 is 14.9 Å². The molecule has 1 unspecified atom stereocenters. The van der Waals surface area contributed by atoms with E-state index in [1.54, 1.807) is 0 Å². The van der Waals surface area contributed by atoms with E-state index in [0.29, 0.717) is 5.56 Å². The summed E-state index contributed by atoms with van der Waals surface area (Å²) in [7, 11) is 0. The van der Waals surface area contributed by atoms with Crippen LogP contribution in [-0.4, -0.2) is 16.2 Å². The third-order valence-electron chi connectivity index (χ3n) is 2.12. The van der Waals surface area contributed by atoms with E-state index in [1.165, 1.54) is 0 Å². The quantitative estimate of drug-likeness (QED) is 0.555. The highest BCUT2D eigenvalue weighted by molar-refractivity contribution is 5.28. The molecule has 0 bridgehead atoms. The first-order valence-electron chi connectivity index (χ1n) is 4.10. The van der Waals surface area contributed by atoms with Gasteiger partial charge in [-0.05, 0) is 17.7 Å². The van der Waals surface area contributed by atoms with Crippen molar-refractivity contribution in [2.75, 3.05) is 0 Å². The number of hydrogen-bond donors (Lipinski definition) is 2. The van der Waals surface area contributed by atoms with E-state index >= 15 is 0 Å². The van der Waals surface area contributed by atoms with Crippen molar-refractivity contribution < 1.29 is 28.1 Å². The third-order valence-corrected chi connectivity index (χ3v) is 2.12. The van der Waals surface area contributed by atoms with E-state index in [2.05, 4.69) is 4.74 Å². The Hall–Kier alpha value is -1.11. The Morgan fingerprint density at radius 3 is 1.93 bits per heavy atom. The third kappa shape index (κ3) is 1.97. The van der Waals surface area contributed by atoms with Gasteiger partial charge in [-0.2, -0.15) is 13.2 Å². The molecule has 0 amide bonds. The molecule has 2 N–H and O–H groups in total. The standard InChI is InChI=1S/C9H7F3O3/c10-8(11,12)6-3-1-5(2-4-6)7-9(13,14)15-7/h1-4,7,13-14H. The van der Waals surface area contributed by atoms with Gasteiger partial charge in [0.1, 0.15) is 0 Å². The van der Waals surface area contributed by atoms with Gasteiger partial charge in [0.05, 0.1) is 5.56 Å². The normalized spacial score (nSPS) is 23.9. The van der Waals surface area contributed by atoms with Crippen molar-refractivity contribution in [3.8, 4) is 0 Å². The van der Waals surface area contributed by atoms with Crippen molar-refractivity contribution in [2.24, 2.45) is 0 Å². The first-order valence-corrected chi connectivity index (χ1v) is 4.10. The van der Waals surface area contributed by atoms with Gasteiger partial charge in [0.2, 0.25) is 0 Å². The van der Waals surface area contributed by atoms with E-state index in [4.69, 9.17) is 10.2 Å². The highest BCUT2D eigenvalue weighted by Crippen LogP contribution is 2.45. The van der Waals surface area contributed by atoms with E-state index in [9.17, 15) is 13.2 Å². The molecule has 0 spiro atoms. The maximum atomic E-state index is 12.2. The molecular formula is C9H7F3O3. The molecule has 2 rings (SSSR count). The topological polar surface area (TPSA) is 53.0 Å². The summed E-state index contributed by atoms with van der Waals surface area (Å²) in [6, 6.07) is 4.05. The average Bonchev–Trinajstić information content (AvgIpc) is 2.74. The predicted octanol–water partition coefficient (Wildman–Crippen LogP) is 1.42. The number of rotatable bonds is 1. The molecule has 1 heterocycles. The summed E-state index contributed by atoms with van der Waals surface area (Å²) in [5, 5.41) is 17.8. The van der Waals surface area contributed by atoms with Crippen LogP contribution in [-0.2, 0) is 10.9 Å². The van der Waals surface area contributed by atoms with E-state index < -0.39 is 23.8 Å². The van der Waals surface area contributed by atoms with Crippen molar-refractivity contribution in [1.82, 2.24) is 0 Å². The summed E-state index contributed by atoms with van der Waals surface area (Å²) in [5.74, 6) is -2.24. The lowest BCUT2D eigenvalue weighted by molar-refractivity contribution is -0.150. The molecule has 0 aromatic heterocycles. The van der Waals surface area contributed by atoms with Gasteiger partial charge in [-0.3, -0.25) is 0 Å². The molecule has 6 heteroatoms. The summed E-state index contributed by atoms with van der Waals surface area (Å²) < 4.78 is 40.9. The minimum Gasteiger partial charge on any atom is -0.341 e. The molecule has 1 aromatic rings. The number of alkyl halides is 3. The lowest BCUT2D eigenvalue weighted by Gasteiger charge is -2.06. The minimum absolute atomic E-state index is 0.299. The van der Waals surface area contributed by atoms with E-state index in [-0.39, 0.29) is 0 Å². The second kappa shape index (κ2) is 2.94. The Kier molecular flexibility index (Phi) is 2.04. The van der Waals surface area contributed by atoms with Gasteiger partial charge in [0.15, 0.2) is 6.10 Å². The van der Waals surface area contributed by atoms with Gasteiger partial charge in [0.25, 0.3) is 0 Å². The molecule has 3 nitrogen and oxygen atoms in total. The molecule has 0 radical (unpaired) electrons. The van der Waals surface area contributed by atoms with Gasteiger partial charge in [-0.15, -0.1) is 0 Å². The lowest BCUT2D eigenvalue weighted by Crippen LogP contribution is -2.08. The maximum absolute atomic E-state index is 12.2. The Labute approximate surface area is 82.7 Å². The van der Waals surface area contributed by atoms with Gasteiger partial charge >= 0.3 is 12.1 Å². The summed E-state index contributed by atoms with van der Waals surface area (Å²) in [6.45, 7) is 0. The molecule has 1 aliphatic rings. The smallest absolute Gasteiger partial charge is 0.341 e. The molecule has 1 aliphatic heterocycles. The lowest BCUT2D eigenvalue weighted by atomic mass is 10.1. The zero-order valence-corrected chi connectivity index (χ0v) is 7.32. The van der Waals surface area contributed by atoms with Crippen LogP contribution in [0.15, 0.2) is 24.3 Å². The fraction of sp³-hybridized carbons (Fsp3) is 0.333. The van der Waals surface area contributed by atoms with Crippen LogP contribution in [0.2, 0.25) is 0 Å². The molecule has 0 saturated carbocycles. The van der Waals surface area contributed by atoms with E-state index in [1.807, 2.05) is 0 Å². The Morgan fingerprint density at radius 2 is 1.60 bits per heavy atom. The molecule has 1 saturated heterocycles. The van der Waals surface area contributed by atoms with Crippen molar-refractivity contribution in [2.45, 2.75) is 18.3 Å². The number of hydrogen-bond acceptors (Lipinski definition) is 3. The Balaban J connectivity index is 2.19. The fourth-order valence-electron chi connectivity index (χ4n) is 1.27. The molecule has 1 atom stereocenters. The second-order valence-corrected chi connectivity index (χ2v) is 3.28. The number of epoxide rings is 1. The minimum atomic E-state index is -4.39. The van der Waals surface area contributed by atoms with Crippen LogP contribution in [0.3, 0.4) is 0 Å². The van der Waals surface area contributed by atoms with Gasteiger partial charge in [-0.1, -0.05) is 12.1 Å². The molecule has 1 fully saturated rings. The number of benzene rings is 1. The maximum Gasteiger partial charge on any atom is 0.416 e. The molecule has 82 valence electrons. The van der Waals surface area contributed by atoms with Gasteiger partial charge in [0, 0.05) is 0 Å². The fourth-order valence-corrected chi connectivity index (χ4v) is 1.27. The van der Waals surface area contributed by atoms with Crippen molar-refractivity contribution in [3.05, 3.63) is 35.4 Å². The highest BCUT2D eigenvalue weighted by atomic mass is 19.4. The summed E-state index contributed by atoms with van der Waals surface area (Å²) >= 11 is 0. The van der Waals surface area contributed by atoms with Crippen LogP contribution in [0.4, 0.5) is 13.2 Å². The highest BCUT2D eigenvalue weighted by Gasteiger charge is 2.55. The van der Waals surface area contributed by atoms with E-state index in [0.717, 1.165) is 24.3 Å². The first kappa shape index (κ1) is 10.4. The van der Waals surface area contributed by atoms with Crippen molar-refractivity contribution in [3.63, 3.8) is 0 Å². The Bertz CT molecular complexity index is 369. The summed E-state index contributed by atoms with van der Waals surface area (Å²) in [4.78, 5) is 0. The molecule has 15 heavy (non-hydrogen) atoms. The van der Waals surface area contributed by atoms with Crippen LogP contribution >= 0.6 is 0 Å². The van der Waals surface area contributed by atoms with Gasteiger partial charge in [-0.25, -0.2) is 0 Å². The average molecular weight is 220 g/mol. The summed E-state index contributed by atoms with van der Waals surface area (Å²) in [5.41, 5.74) is -0.485. The number of aliphatic hydroxyl groups is 2. The predicted molar refractivity (Wildman–Crippen MR) is 42.4 cm³/mol. The van der Waals surface area contributed by atoms with Crippen LogP contribution in [0.5, 0.6) is 0 Å². The van der Waals surface area contributed by atoms with Crippen molar-refractivity contribution >= 4 is 0 Å². The largest absolute Gasteiger partial charge is 0.416 e. The van der Waals surface area contributed by atoms with Crippen LogP contribution in [0, 0.1) is 0 Å². The molecule has 0 aliphatic carbocycles. The first-order chi connectivity index (χ1) is 6.81. The van der Waals surface area contributed by atoms with Crippen LogP contribution in [0.1, 0.15) is 17.2 Å². The number of ether oxygens (including phenoxy) is 1. The monoisotopic (exact) mass is 220 g/mol. The molecular weight excluding hydrogens is 213 g/mol. The zero-order chi connectivity index (χ0) is 11.3. The second-order valence-electron chi connectivity index (χ2n) is 3.28. The van der Waals surface area contributed by atoms with Crippen LogP contribution in [0.25, 0.3) is 0 Å². The molecule has 1 aromatic carbocycles. The Morgan fingerprint density at radius 1 is 1.13 bits per heavy atom. The SMILES string of the molecule is OC1(O)OC1c1ccc(C(F)(F)F)cc1. The zero-order valence-electron chi connectivity index (χ0n) is 7.32. The van der Waals surface area contributed by atoms with Crippen LogP contribution < -0.4 is 0 Å². The van der Waals surface area contributed by atoms with Crippen molar-refractivity contribution in [1.29, 1.82) is 0 Å².